The van der Waals surface area contributed by atoms with E-state index >= 15 is 0 Å². The number of hydrogen-bond acceptors (Lipinski definition) is 1. The SMILES string of the molecule is C=CCCC1CCC(CCc2ccc(CCC3CCC(c4cc(F)c(C#N)c(F)c4)CC3)cc2)CC1. The highest BCUT2D eigenvalue weighted by molar-refractivity contribution is 5.36. The van der Waals surface area contributed by atoms with E-state index < -0.39 is 17.2 Å². The van der Waals surface area contributed by atoms with Gasteiger partial charge in [0.1, 0.15) is 23.3 Å². The van der Waals surface area contributed by atoms with E-state index in [0.29, 0.717) is 11.5 Å². The molecule has 36 heavy (non-hydrogen) atoms. The van der Waals surface area contributed by atoms with Crippen LogP contribution >= 0.6 is 0 Å². The number of rotatable bonds is 10. The van der Waals surface area contributed by atoms with Crippen molar-refractivity contribution >= 4 is 0 Å². The Kier molecular flexibility index (Phi) is 9.74. The minimum Gasteiger partial charge on any atom is -0.205 e. The Hall–Kier alpha value is -2.47. The van der Waals surface area contributed by atoms with Gasteiger partial charge in [-0.05, 0) is 117 Å². The zero-order chi connectivity index (χ0) is 25.3. The highest BCUT2D eigenvalue weighted by atomic mass is 19.1. The monoisotopic (exact) mass is 489 g/mol. The third kappa shape index (κ3) is 7.28. The molecule has 0 saturated heterocycles. The molecular weight excluding hydrogens is 448 g/mol. The number of hydrogen-bond donors (Lipinski definition) is 0. The van der Waals surface area contributed by atoms with Crippen LogP contribution < -0.4 is 0 Å². The quantitative estimate of drug-likeness (QED) is 0.305. The smallest absolute Gasteiger partial charge is 0.144 e. The maximum absolute atomic E-state index is 14.0. The number of benzene rings is 2. The molecule has 0 aliphatic heterocycles. The van der Waals surface area contributed by atoms with Crippen LogP contribution in [0.1, 0.15) is 105 Å². The molecule has 2 aliphatic rings. The van der Waals surface area contributed by atoms with Gasteiger partial charge in [-0.3, -0.25) is 0 Å². The van der Waals surface area contributed by atoms with Crippen LogP contribution in [-0.4, -0.2) is 0 Å². The minimum atomic E-state index is -0.732. The second-order valence-corrected chi connectivity index (χ2v) is 11.3. The van der Waals surface area contributed by atoms with Crippen LogP contribution in [0, 0.1) is 40.7 Å². The summed E-state index contributed by atoms with van der Waals surface area (Å²) in [5, 5.41) is 8.88. The third-order valence-corrected chi connectivity index (χ3v) is 8.95. The van der Waals surface area contributed by atoms with E-state index in [1.54, 1.807) is 6.07 Å². The Labute approximate surface area is 216 Å². The molecule has 0 radical (unpaired) electrons. The highest BCUT2D eigenvalue weighted by Crippen LogP contribution is 2.38. The molecule has 2 saturated carbocycles. The first kappa shape index (κ1) is 26.6. The van der Waals surface area contributed by atoms with Crippen molar-refractivity contribution in [2.75, 3.05) is 0 Å². The Morgan fingerprint density at radius 1 is 0.750 bits per heavy atom. The summed E-state index contributed by atoms with van der Waals surface area (Å²) in [6.45, 7) is 3.86. The summed E-state index contributed by atoms with van der Waals surface area (Å²) in [6, 6.07) is 13.6. The second kappa shape index (κ2) is 13.2. The Balaban J connectivity index is 1.16. The van der Waals surface area contributed by atoms with Crippen LogP contribution in [0.4, 0.5) is 8.78 Å². The molecule has 0 atom stereocenters. The van der Waals surface area contributed by atoms with Crippen LogP contribution in [0.15, 0.2) is 49.1 Å². The molecule has 0 spiro atoms. The van der Waals surface area contributed by atoms with Gasteiger partial charge in [-0.25, -0.2) is 8.78 Å². The molecule has 192 valence electrons. The molecule has 3 heteroatoms. The lowest BCUT2D eigenvalue weighted by atomic mass is 9.76. The first-order valence-corrected chi connectivity index (χ1v) is 14.1. The summed E-state index contributed by atoms with van der Waals surface area (Å²) in [5.41, 5.74) is 3.12. The fourth-order valence-corrected chi connectivity index (χ4v) is 6.50. The fraction of sp³-hybridized carbons (Fsp3) is 0.545. The number of nitrogens with zero attached hydrogens (tertiary/aromatic N) is 1. The van der Waals surface area contributed by atoms with E-state index in [9.17, 15) is 8.78 Å². The lowest BCUT2D eigenvalue weighted by Crippen LogP contribution is -2.15. The molecule has 0 aromatic heterocycles. The van der Waals surface area contributed by atoms with Gasteiger partial charge in [-0.1, -0.05) is 56.0 Å². The van der Waals surface area contributed by atoms with Crippen molar-refractivity contribution in [2.45, 2.75) is 95.8 Å². The Morgan fingerprint density at radius 3 is 1.64 bits per heavy atom. The van der Waals surface area contributed by atoms with Gasteiger partial charge in [-0.15, -0.1) is 6.58 Å². The van der Waals surface area contributed by atoms with Crippen molar-refractivity contribution in [1.82, 2.24) is 0 Å². The van der Waals surface area contributed by atoms with Gasteiger partial charge in [-0.2, -0.15) is 5.26 Å². The predicted molar refractivity (Wildman–Crippen MR) is 144 cm³/mol. The molecular formula is C33H41F2N. The molecule has 0 unspecified atom stereocenters. The lowest BCUT2D eigenvalue weighted by molar-refractivity contribution is 0.254. The number of halogens is 2. The number of nitriles is 1. The topological polar surface area (TPSA) is 23.8 Å². The van der Waals surface area contributed by atoms with E-state index in [1.807, 2.05) is 0 Å². The van der Waals surface area contributed by atoms with Crippen molar-refractivity contribution in [3.63, 3.8) is 0 Å². The van der Waals surface area contributed by atoms with Crippen molar-refractivity contribution < 1.29 is 8.78 Å². The normalized spacial score (nSPS) is 24.2. The van der Waals surface area contributed by atoms with Crippen molar-refractivity contribution in [3.8, 4) is 6.07 Å². The van der Waals surface area contributed by atoms with Crippen molar-refractivity contribution in [3.05, 3.63) is 82.9 Å². The van der Waals surface area contributed by atoms with Crippen LogP contribution in [0.2, 0.25) is 0 Å². The van der Waals surface area contributed by atoms with E-state index in [4.69, 9.17) is 5.26 Å². The molecule has 2 fully saturated rings. The molecule has 0 amide bonds. The average molecular weight is 490 g/mol. The van der Waals surface area contributed by atoms with Crippen LogP contribution in [0.25, 0.3) is 0 Å². The van der Waals surface area contributed by atoms with Gasteiger partial charge in [0.25, 0.3) is 0 Å². The predicted octanol–water partition coefficient (Wildman–Crippen LogP) is 9.45. The highest BCUT2D eigenvalue weighted by Gasteiger charge is 2.24. The molecule has 2 aliphatic carbocycles. The van der Waals surface area contributed by atoms with Crippen LogP contribution in [0.5, 0.6) is 0 Å². The standard InChI is InChI=1S/C33H41F2N/c1-2-3-4-24-5-7-25(8-6-24)9-10-26-11-13-27(14-12-26)15-16-28-17-19-29(20-18-28)30-21-32(34)31(23-36)33(35)22-30/h2,11-14,21-22,24-25,28-29H,1,3-10,15-20H2. The molecule has 4 rings (SSSR count). The molecule has 0 N–H and O–H groups in total. The van der Waals surface area contributed by atoms with Gasteiger partial charge in [0.15, 0.2) is 0 Å². The molecule has 0 bridgehead atoms. The molecule has 2 aromatic rings. The summed E-state index contributed by atoms with van der Waals surface area (Å²) in [4.78, 5) is 0. The van der Waals surface area contributed by atoms with Gasteiger partial charge in [0.2, 0.25) is 0 Å². The summed E-state index contributed by atoms with van der Waals surface area (Å²) in [5.74, 6) is 1.23. The van der Waals surface area contributed by atoms with Crippen molar-refractivity contribution in [2.24, 2.45) is 17.8 Å². The van der Waals surface area contributed by atoms with Gasteiger partial charge < -0.3 is 0 Å². The Morgan fingerprint density at radius 2 is 1.19 bits per heavy atom. The Bertz CT molecular complexity index is 996. The van der Waals surface area contributed by atoms with E-state index in [2.05, 4.69) is 36.9 Å². The van der Waals surface area contributed by atoms with Crippen molar-refractivity contribution in [1.29, 1.82) is 5.26 Å². The maximum Gasteiger partial charge on any atom is 0.144 e. The first-order valence-electron chi connectivity index (χ1n) is 14.1. The van der Waals surface area contributed by atoms with E-state index in [1.165, 1.54) is 81.0 Å². The number of aryl methyl sites for hydroxylation is 2. The third-order valence-electron chi connectivity index (χ3n) is 8.95. The second-order valence-electron chi connectivity index (χ2n) is 11.3. The van der Waals surface area contributed by atoms with Gasteiger partial charge >= 0.3 is 0 Å². The first-order chi connectivity index (χ1) is 17.6. The van der Waals surface area contributed by atoms with Crippen LogP contribution in [-0.2, 0) is 12.8 Å². The summed E-state index contributed by atoms with van der Waals surface area (Å²) >= 11 is 0. The largest absolute Gasteiger partial charge is 0.205 e. The van der Waals surface area contributed by atoms with E-state index in [0.717, 1.165) is 43.9 Å². The van der Waals surface area contributed by atoms with Crippen LogP contribution in [0.3, 0.4) is 0 Å². The summed E-state index contributed by atoms with van der Waals surface area (Å²) < 4.78 is 28.0. The lowest BCUT2D eigenvalue weighted by Gasteiger charge is -2.29. The average Bonchev–Trinajstić information content (AvgIpc) is 2.91. The molecule has 0 heterocycles. The zero-order valence-electron chi connectivity index (χ0n) is 21.7. The van der Waals surface area contributed by atoms with E-state index in [-0.39, 0.29) is 5.92 Å². The summed E-state index contributed by atoms with van der Waals surface area (Å²) in [7, 11) is 0. The molecule has 1 nitrogen and oxygen atoms in total. The summed E-state index contributed by atoms with van der Waals surface area (Å²) in [6.07, 6.45) is 19.1. The van der Waals surface area contributed by atoms with Gasteiger partial charge in [0, 0.05) is 0 Å². The fourth-order valence-electron chi connectivity index (χ4n) is 6.50. The molecule has 2 aromatic carbocycles. The maximum atomic E-state index is 14.0. The van der Waals surface area contributed by atoms with Gasteiger partial charge in [0.05, 0.1) is 0 Å². The zero-order valence-corrected chi connectivity index (χ0v) is 21.7. The number of allylic oxidation sites excluding steroid dienone is 1. The minimum absolute atomic E-state index is 0.194.